The van der Waals surface area contributed by atoms with E-state index in [0.717, 1.165) is 30.0 Å². The first-order chi connectivity index (χ1) is 11.8. The lowest BCUT2D eigenvalue weighted by Crippen LogP contribution is -2.38. The Morgan fingerprint density at radius 3 is 2.88 bits per heavy atom. The van der Waals surface area contributed by atoms with Crippen LogP contribution >= 0.6 is 11.6 Å². The maximum Gasteiger partial charge on any atom is 0.156 e. The van der Waals surface area contributed by atoms with Gasteiger partial charge in [-0.05, 0) is 43.9 Å². The van der Waals surface area contributed by atoms with Gasteiger partial charge >= 0.3 is 0 Å². The standard InChI is InChI=1S/C18H23ClN2O3S/c1-20(2)16-11-25(22,23)18-9-21(8-15(16)18)7-12-5-13-6-14(19)3-4-17(13)24-10-12/h3-6,15-16,18H,7-11H2,1-2H3/t15-,16+,18-/m0/s1. The van der Waals surface area contributed by atoms with E-state index in [9.17, 15) is 8.42 Å². The van der Waals surface area contributed by atoms with Crippen molar-refractivity contribution in [2.75, 3.05) is 46.1 Å². The van der Waals surface area contributed by atoms with Crippen molar-refractivity contribution in [1.29, 1.82) is 0 Å². The van der Waals surface area contributed by atoms with Gasteiger partial charge in [-0.1, -0.05) is 11.6 Å². The van der Waals surface area contributed by atoms with Crippen LogP contribution in [0.1, 0.15) is 5.56 Å². The highest BCUT2D eigenvalue weighted by Crippen LogP contribution is 2.37. The van der Waals surface area contributed by atoms with E-state index in [1.807, 2.05) is 32.3 Å². The fourth-order valence-electron chi connectivity index (χ4n) is 4.35. The summed E-state index contributed by atoms with van der Waals surface area (Å²) in [4.78, 5) is 4.32. The second-order valence-electron chi connectivity index (χ2n) is 7.53. The lowest BCUT2D eigenvalue weighted by atomic mass is 10.00. The Bertz CT molecular complexity index is 822. The quantitative estimate of drug-likeness (QED) is 0.797. The summed E-state index contributed by atoms with van der Waals surface area (Å²) in [6.07, 6.45) is 2.12. The van der Waals surface area contributed by atoms with E-state index >= 15 is 0 Å². The molecule has 0 radical (unpaired) electrons. The molecule has 4 rings (SSSR count). The summed E-state index contributed by atoms with van der Waals surface area (Å²) in [6, 6.07) is 5.74. The molecule has 25 heavy (non-hydrogen) atoms. The van der Waals surface area contributed by atoms with Crippen LogP contribution in [0, 0.1) is 5.92 Å². The van der Waals surface area contributed by atoms with Crippen LogP contribution in [0.2, 0.25) is 5.02 Å². The van der Waals surface area contributed by atoms with Crippen LogP contribution in [0.25, 0.3) is 6.08 Å². The van der Waals surface area contributed by atoms with Crippen molar-refractivity contribution in [2.24, 2.45) is 5.92 Å². The average molecular weight is 383 g/mol. The number of rotatable bonds is 3. The second-order valence-corrected chi connectivity index (χ2v) is 10.2. The fourth-order valence-corrected chi connectivity index (χ4v) is 7.04. The molecule has 5 nitrogen and oxygen atoms in total. The van der Waals surface area contributed by atoms with Gasteiger partial charge < -0.3 is 9.64 Å². The Hall–Kier alpha value is -1.08. The van der Waals surface area contributed by atoms with Gasteiger partial charge in [0.15, 0.2) is 9.84 Å². The van der Waals surface area contributed by atoms with E-state index in [-0.39, 0.29) is 17.2 Å². The van der Waals surface area contributed by atoms with Crippen molar-refractivity contribution in [3.05, 3.63) is 34.4 Å². The van der Waals surface area contributed by atoms with Crippen LogP contribution in [-0.4, -0.2) is 75.6 Å². The number of hydrogen-bond donors (Lipinski definition) is 0. The molecule has 3 aliphatic heterocycles. The average Bonchev–Trinajstić information content (AvgIpc) is 3.06. The Morgan fingerprint density at radius 2 is 2.12 bits per heavy atom. The highest BCUT2D eigenvalue weighted by Gasteiger charge is 2.52. The normalized spacial score (nSPS) is 30.7. The molecule has 0 bridgehead atoms. The van der Waals surface area contributed by atoms with E-state index in [1.54, 1.807) is 0 Å². The second kappa shape index (κ2) is 6.27. The van der Waals surface area contributed by atoms with Gasteiger partial charge in [-0.25, -0.2) is 8.42 Å². The van der Waals surface area contributed by atoms with Gasteiger partial charge in [-0.2, -0.15) is 0 Å². The third kappa shape index (κ3) is 3.21. The van der Waals surface area contributed by atoms with Crippen LogP contribution in [0.15, 0.2) is 23.8 Å². The first-order valence-electron chi connectivity index (χ1n) is 8.55. The van der Waals surface area contributed by atoms with Gasteiger partial charge in [-0.3, -0.25) is 4.90 Å². The predicted octanol–water partition coefficient (Wildman–Crippen LogP) is 1.77. The maximum absolute atomic E-state index is 12.5. The topological polar surface area (TPSA) is 49.9 Å². The SMILES string of the molecule is CN(C)[C@@H]1CS(=O)(=O)[C@H]2CN(CC3=Cc4cc(Cl)ccc4OC3)C[C@@H]12. The molecule has 3 aliphatic rings. The number of likely N-dealkylation sites (tertiary alicyclic amines) is 1. The number of ether oxygens (including phenoxy) is 1. The zero-order chi connectivity index (χ0) is 17.8. The largest absolute Gasteiger partial charge is 0.489 e. The van der Waals surface area contributed by atoms with Gasteiger partial charge in [0, 0.05) is 42.2 Å². The van der Waals surface area contributed by atoms with Crippen LogP contribution in [0.4, 0.5) is 0 Å². The molecule has 0 aliphatic carbocycles. The molecule has 2 fully saturated rings. The maximum atomic E-state index is 12.5. The molecule has 3 heterocycles. The number of nitrogens with zero attached hydrogens (tertiary/aromatic N) is 2. The third-order valence-corrected chi connectivity index (χ3v) is 8.04. The summed E-state index contributed by atoms with van der Waals surface area (Å²) in [5.74, 6) is 1.34. The molecule has 7 heteroatoms. The molecule has 0 N–H and O–H groups in total. The summed E-state index contributed by atoms with van der Waals surface area (Å²) in [5, 5.41) is 0.460. The molecule has 1 aromatic rings. The number of halogens is 1. The molecule has 1 aromatic carbocycles. The zero-order valence-electron chi connectivity index (χ0n) is 14.5. The minimum Gasteiger partial charge on any atom is -0.489 e. The van der Waals surface area contributed by atoms with Crippen LogP contribution in [0.3, 0.4) is 0 Å². The van der Waals surface area contributed by atoms with Crippen molar-refractivity contribution in [1.82, 2.24) is 9.80 Å². The van der Waals surface area contributed by atoms with E-state index in [4.69, 9.17) is 16.3 Å². The van der Waals surface area contributed by atoms with Gasteiger partial charge in [0.1, 0.15) is 12.4 Å². The van der Waals surface area contributed by atoms with Crippen LogP contribution in [0.5, 0.6) is 5.75 Å². The highest BCUT2D eigenvalue weighted by atomic mass is 35.5. The lowest BCUT2D eigenvalue weighted by molar-refractivity contribution is 0.233. The summed E-state index contributed by atoms with van der Waals surface area (Å²) in [5.41, 5.74) is 2.15. The summed E-state index contributed by atoms with van der Waals surface area (Å²) >= 11 is 6.07. The summed E-state index contributed by atoms with van der Waals surface area (Å²) < 4.78 is 30.8. The summed E-state index contributed by atoms with van der Waals surface area (Å²) in [6.45, 7) is 2.74. The Morgan fingerprint density at radius 1 is 1.32 bits per heavy atom. The monoisotopic (exact) mass is 382 g/mol. The van der Waals surface area contributed by atoms with E-state index in [0.29, 0.717) is 23.9 Å². The van der Waals surface area contributed by atoms with Gasteiger partial charge in [0.05, 0.1) is 11.0 Å². The number of fused-ring (bicyclic) bond motifs is 2. The molecular weight excluding hydrogens is 360 g/mol. The Labute approximate surface area is 154 Å². The van der Waals surface area contributed by atoms with Gasteiger partial charge in [-0.15, -0.1) is 0 Å². The van der Waals surface area contributed by atoms with Crippen molar-refractivity contribution >= 4 is 27.5 Å². The Kier molecular flexibility index (Phi) is 4.35. The minimum atomic E-state index is -3.00. The van der Waals surface area contributed by atoms with Crippen molar-refractivity contribution in [2.45, 2.75) is 11.3 Å². The molecule has 3 atom stereocenters. The van der Waals surface area contributed by atoms with Crippen molar-refractivity contribution in [3.63, 3.8) is 0 Å². The smallest absolute Gasteiger partial charge is 0.156 e. The van der Waals surface area contributed by atoms with E-state index in [1.165, 1.54) is 0 Å². The summed E-state index contributed by atoms with van der Waals surface area (Å²) in [7, 11) is 0.954. The molecule has 0 amide bonds. The lowest BCUT2D eigenvalue weighted by Gasteiger charge is -2.26. The predicted molar refractivity (Wildman–Crippen MR) is 99.9 cm³/mol. The molecule has 2 saturated heterocycles. The van der Waals surface area contributed by atoms with E-state index in [2.05, 4.69) is 15.9 Å². The third-order valence-electron chi connectivity index (χ3n) is 5.58. The van der Waals surface area contributed by atoms with Gasteiger partial charge in [0.2, 0.25) is 0 Å². The highest BCUT2D eigenvalue weighted by molar-refractivity contribution is 7.92. The Balaban J connectivity index is 1.50. The first kappa shape index (κ1) is 17.3. The minimum absolute atomic E-state index is 0.121. The number of hydrogen-bond acceptors (Lipinski definition) is 5. The molecule has 0 spiro atoms. The molecular formula is C18H23ClN2O3S. The number of sulfone groups is 1. The fraction of sp³-hybridized carbons (Fsp3) is 0.556. The molecule has 0 saturated carbocycles. The van der Waals surface area contributed by atoms with Crippen LogP contribution in [-0.2, 0) is 9.84 Å². The van der Waals surface area contributed by atoms with Crippen molar-refractivity contribution in [3.8, 4) is 5.75 Å². The molecule has 0 unspecified atom stereocenters. The molecule has 0 aromatic heterocycles. The van der Waals surface area contributed by atoms with E-state index < -0.39 is 9.84 Å². The van der Waals surface area contributed by atoms with Crippen LogP contribution < -0.4 is 4.74 Å². The van der Waals surface area contributed by atoms with Crippen molar-refractivity contribution < 1.29 is 13.2 Å². The van der Waals surface area contributed by atoms with Gasteiger partial charge in [0.25, 0.3) is 0 Å². The number of benzene rings is 1. The zero-order valence-corrected chi connectivity index (χ0v) is 16.1. The molecule has 136 valence electrons. The first-order valence-corrected chi connectivity index (χ1v) is 10.6.